The second kappa shape index (κ2) is 17.2. The molecule has 2 aromatic heterocycles. The molecule has 6 nitrogen and oxygen atoms in total. The number of nitrogens with zero attached hydrogens (tertiary/aromatic N) is 5. The van der Waals surface area contributed by atoms with Crippen LogP contribution in [0.15, 0.2) is 182 Å². The number of para-hydroxylation sites is 3. The Bertz CT molecular complexity index is 3480. The summed E-state index contributed by atoms with van der Waals surface area (Å²) in [7, 11) is 0. The molecular weight excluding hydrogens is 1040 g/mol. The van der Waals surface area contributed by atoms with E-state index in [9.17, 15) is 0 Å². The van der Waals surface area contributed by atoms with E-state index in [0.717, 1.165) is 44.7 Å². The molecule has 0 spiro atoms. The van der Waals surface area contributed by atoms with Crippen molar-refractivity contribution in [3.05, 3.63) is 228 Å². The summed E-state index contributed by atoms with van der Waals surface area (Å²) in [5.41, 5.74) is 15.4. The number of fused-ring (bicyclic) bond motifs is 6. The average molecular weight is 1090 g/mol. The largest absolute Gasteiger partial charge is 0.509 e. The number of rotatable bonds is 7. The third-order valence-corrected chi connectivity index (χ3v) is 14.8. The van der Waals surface area contributed by atoms with Crippen LogP contribution in [0.2, 0.25) is 0 Å². The van der Waals surface area contributed by atoms with Crippen LogP contribution >= 0.6 is 0 Å². The van der Waals surface area contributed by atoms with Gasteiger partial charge < -0.3 is 23.9 Å². The standard InChI is InChI=1S/C62H55BN5O.Pt/c1-60(2,3)45-28-33-64-58(37-45)68-54-21-12-11-20-50(54)51-26-25-48(39-57(51)68)69-47-19-15-18-46(38-47)66-41-67(56-23-14-13-22-55(56)66)59-49(42-16-9-8-10-17-42)30-35-65-34-29-44(40-63(59)65)43-24-27-52-53(36-43)62(6,7)32-31-61(52,4)5;/h8-30,33-37,40-41H,31-32H2,1-7H3;/q-3;. The molecule has 0 radical (unpaired) electrons. The average Bonchev–Trinajstić information content (AvgIpc) is 3.91. The van der Waals surface area contributed by atoms with Crippen molar-refractivity contribution in [3.8, 4) is 17.3 Å². The summed E-state index contributed by atoms with van der Waals surface area (Å²) in [6, 6.07) is 57.0. The fourth-order valence-corrected chi connectivity index (χ4v) is 10.9. The van der Waals surface area contributed by atoms with Crippen molar-refractivity contribution in [2.24, 2.45) is 0 Å². The Morgan fingerprint density at radius 3 is 2.17 bits per heavy atom. The molecule has 0 unspecified atom stereocenters. The quantitative estimate of drug-likeness (QED) is 0.117. The Labute approximate surface area is 427 Å². The summed E-state index contributed by atoms with van der Waals surface area (Å²) in [5.74, 6) is 4.51. The van der Waals surface area contributed by atoms with Gasteiger partial charge in [0.25, 0.3) is 0 Å². The van der Waals surface area contributed by atoms with E-state index in [0.29, 0.717) is 11.5 Å². The van der Waals surface area contributed by atoms with Crippen LogP contribution in [-0.2, 0) is 37.3 Å². The SMILES string of the molecule is CC(C)(C)c1ccnc(-n2c3[c-]c(Oc4[c-]c(N5[CH-]N(C6=C(c7ccccc7)C=CN7C=CC(c8ccc9c(c8)C(C)(C)CCC9(C)C)=CB67)c6ccccc65)ccc4)ccc3c3ccccc32)c1.[Pt]. The molecule has 70 heavy (non-hydrogen) atoms. The van der Waals surface area contributed by atoms with Crippen molar-refractivity contribution < 1.29 is 25.8 Å². The molecular formula is C62H55BN5OPt-3. The molecule has 5 heterocycles. The molecule has 0 saturated carbocycles. The first-order valence-electron chi connectivity index (χ1n) is 24.3. The van der Waals surface area contributed by atoms with Gasteiger partial charge in [-0.15, -0.1) is 48.1 Å². The van der Waals surface area contributed by atoms with Crippen molar-refractivity contribution in [3.63, 3.8) is 0 Å². The summed E-state index contributed by atoms with van der Waals surface area (Å²) < 4.78 is 8.90. The third kappa shape index (κ3) is 7.83. The van der Waals surface area contributed by atoms with Crippen LogP contribution in [0.1, 0.15) is 89.1 Å². The van der Waals surface area contributed by atoms with Gasteiger partial charge in [-0.2, -0.15) is 12.1 Å². The van der Waals surface area contributed by atoms with Crippen LogP contribution in [0.3, 0.4) is 0 Å². The Morgan fingerprint density at radius 1 is 0.657 bits per heavy atom. The van der Waals surface area contributed by atoms with Crippen molar-refractivity contribution in [1.82, 2.24) is 14.4 Å². The van der Waals surface area contributed by atoms with E-state index in [1.165, 1.54) is 57.4 Å². The Balaban J connectivity index is 0.00000533. The molecule has 0 fully saturated rings. The summed E-state index contributed by atoms with van der Waals surface area (Å²) in [6.07, 6.45) is 13.3. The van der Waals surface area contributed by atoms with Crippen molar-refractivity contribution in [2.75, 3.05) is 9.80 Å². The van der Waals surface area contributed by atoms with E-state index in [1.807, 2.05) is 24.4 Å². The van der Waals surface area contributed by atoms with E-state index in [4.69, 9.17) is 9.72 Å². The number of anilines is 3. The van der Waals surface area contributed by atoms with Gasteiger partial charge >= 0.3 is 6.85 Å². The van der Waals surface area contributed by atoms with Gasteiger partial charge in [0.15, 0.2) is 0 Å². The van der Waals surface area contributed by atoms with Gasteiger partial charge in [0, 0.05) is 55.7 Å². The second-order valence-corrected chi connectivity index (χ2v) is 21.3. The molecule has 3 aliphatic heterocycles. The van der Waals surface area contributed by atoms with Crippen LogP contribution in [-0.4, -0.2) is 21.2 Å². The molecule has 0 saturated heterocycles. The predicted octanol–water partition coefficient (Wildman–Crippen LogP) is 15.2. The number of hydrogen-bond donors (Lipinski definition) is 0. The maximum atomic E-state index is 6.70. The maximum Gasteiger partial charge on any atom is 0.335 e. The maximum absolute atomic E-state index is 6.70. The Hall–Kier alpha value is -6.82. The minimum absolute atomic E-state index is 0. The van der Waals surface area contributed by atoms with Gasteiger partial charge in [0.2, 0.25) is 0 Å². The van der Waals surface area contributed by atoms with Crippen LogP contribution in [0, 0.1) is 18.8 Å². The second-order valence-electron chi connectivity index (χ2n) is 21.3. The number of aromatic nitrogens is 2. The fourth-order valence-electron chi connectivity index (χ4n) is 10.9. The minimum Gasteiger partial charge on any atom is -0.509 e. The summed E-state index contributed by atoms with van der Waals surface area (Å²) in [4.78, 5) is 11.8. The van der Waals surface area contributed by atoms with Gasteiger partial charge in [-0.25, -0.2) is 4.98 Å². The molecule has 1 aliphatic carbocycles. The summed E-state index contributed by atoms with van der Waals surface area (Å²) >= 11 is 0. The first kappa shape index (κ1) is 45.6. The van der Waals surface area contributed by atoms with Gasteiger partial charge in [-0.1, -0.05) is 139 Å². The fraction of sp³-hybridized carbons (Fsp3) is 0.194. The van der Waals surface area contributed by atoms with Gasteiger partial charge in [-0.3, -0.25) is 0 Å². The van der Waals surface area contributed by atoms with Gasteiger partial charge in [0.05, 0.1) is 0 Å². The zero-order valence-electron chi connectivity index (χ0n) is 40.8. The van der Waals surface area contributed by atoms with Crippen molar-refractivity contribution in [1.29, 1.82) is 0 Å². The first-order valence-corrected chi connectivity index (χ1v) is 24.3. The topological polar surface area (TPSA) is 36.8 Å². The van der Waals surface area contributed by atoms with Gasteiger partial charge in [-0.05, 0) is 134 Å². The smallest absolute Gasteiger partial charge is 0.335 e. The Kier molecular flexibility index (Phi) is 11.2. The molecule has 350 valence electrons. The number of pyridine rings is 1. The molecule has 4 aliphatic rings. The van der Waals surface area contributed by atoms with Crippen LogP contribution in [0.4, 0.5) is 17.1 Å². The van der Waals surface area contributed by atoms with E-state index < -0.39 is 0 Å². The monoisotopic (exact) mass is 1090 g/mol. The van der Waals surface area contributed by atoms with Crippen LogP contribution in [0.5, 0.6) is 11.5 Å². The molecule has 8 aromatic rings. The van der Waals surface area contributed by atoms with E-state index in [1.54, 1.807) is 0 Å². The molecule has 12 rings (SSSR count). The van der Waals surface area contributed by atoms with Crippen molar-refractivity contribution in [2.45, 2.75) is 77.6 Å². The Morgan fingerprint density at radius 2 is 1.37 bits per heavy atom. The molecule has 0 N–H and O–H groups in total. The predicted molar refractivity (Wildman–Crippen MR) is 286 cm³/mol. The zero-order chi connectivity index (χ0) is 47.2. The number of hydrogen-bond acceptors (Lipinski definition) is 5. The minimum atomic E-state index is -0.0826. The van der Waals surface area contributed by atoms with Crippen LogP contribution in [0.25, 0.3) is 38.8 Å². The summed E-state index contributed by atoms with van der Waals surface area (Å²) in [5, 5.41) is 2.23. The van der Waals surface area contributed by atoms with E-state index >= 15 is 0 Å². The number of ether oxygens (including phenoxy) is 1. The summed E-state index contributed by atoms with van der Waals surface area (Å²) in [6.45, 7) is 18.4. The van der Waals surface area contributed by atoms with Gasteiger partial charge in [0.1, 0.15) is 5.82 Å². The molecule has 0 amide bonds. The molecule has 8 heteroatoms. The first-order chi connectivity index (χ1) is 33.3. The number of benzene rings is 6. The zero-order valence-corrected chi connectivity index (χ0v) is 43.0. The normalized spacial score (nSPS) is 16.8. The van der Waals surface area contributed by atoms with Crippen LogP contribution < -0.4 is 14.5 Å². The van der Waals surface area contributed by atoms with E-state index in [2.05, 4.69) is 238 Å². The van der Waals surface area contributed by atoms with E-state index in [-0.39, 0.29) is 44.2 Å². The molecule has 0 bridgehead atoms. The molecule has 6 aromatic carbocycles. The third-order valence-electron chi connectivity index (χ3n) is 14.8. The van der Waals surface area contributed by atoms with Crippen molar-refractivity contribution >= 4 is 56.9 Å². The number of allylic oxidation sites excluding steroid dienone is 4. The molecule has 0 atom stereocenters.